The van der Waals surface area contributed by atoms with Crippen molar-refractivity contribution in [3.05, 3.63) is 77.5 Å². The van der Waals surface area contributed by atoms with E-state index in [-0.39, 0.29) is 5.91 Å². The number of aliphatic imine (C=N–C) groups is 1. The standard InChI is InChI=1S/C18H16N2O/c1-14-19-17(12-15-8-4-2-5-9-15)18(21)20(14)13-16-10-6-3-7-11-16/h2-12H,13H2,1H3/b17-12+. The van der Waals surface area contributed by atoms with Crippen molar-refractivity contribution in [3.63, 3.8) is 0 Å². The lowest BCUT2D eigenvalue weighted by atomic mass is 10.2. The van der Waals surface area contributed by atoms with Crippen molar-refractivity contribution in [2.75, 3.05) is 0 Å². The Bertz CT molecular complexity index is 703. The summed E-state index contributed by atoms with van der Waals surface area (Å²) >= 11 is 0. The van der Waals surface area contributed by atoms with Crippen molar-refractivity contribution in [2.45, 2.75) is 13.5 Å². The van der Waals surface area contributed by atoms with E-state index in [1.807, 2.05) is 73.7 Å². The summed E-state index contributed by atoms with van der Waals surface area (Å²) in [5.74, 6) is 0.700. The molecule has 0 saturated heterocycles. The summed E-state index contributed by atoms with van der Waals surface area (Å²) in [6, 6.07) is 19.7. The Kier molecular flexibility index (Phi) is 3.65. The molecule has 21 heavy (non-hydrogen) atoms. The van der Waals surface area contributed by atoms with E-state index in [2.05, 4.69) is 4.99 Å². The topological polar surface area (TPSA) is 32.7 Å². The lowest BCUT2D eigenvalue weighted by molar-refractivity contribution is -0.123. The van der Waals surface area contributed by atoms with Crippen molar-refractivity contribution in [3.8, 4) is 0 Å². The van der Waals surface area contributed by atoms with Gasteiger partial charge in [-0.15, -0.1) is 0 Å². The first-order valence-electron chi connectivity index (χ1n) is 6.92. The number of rotatable bonds is 3. The Balaban J connectivity index is 1.83. The minimum absolute atomic E-state index is 0.0415. The SMILES string of the molecule is CC1=N/C(=C/c2ccccc2)C(=O)N1Cc1ccccc1. The van der Waals surface area contributed by atoms with E-state index >= 15 is 0 Å². The van der Waals surface area contributed by atoms with Crippen LogP contribution in [0.1, 0.15) is 18.1 Å². The fourth-order valence-electron chi connectivity index (χ4n) is 2.32. The maximum atomic E-state index is 12.5. The Labute approximate surface area is 124 Å². The van der Waals surface area contributed by atoms with Crippen LogP contribution in [0.25, 0.3) is 6.08 Å². The zero-order valence-corrected chi connectivity index (χ0v) is 11.9. The van der Waals surface area contributed by atoms with Gasteiger partial charge < -0.3 is 0 Å². The van der Waals surface area contributed by atoms with Crippen LogP contribution in [0.15, 0.2) is 71.4 Å². The van der Waals surface area contributed by atoms with Crippen molar-refractivity contribution < 1.29 is 4.79 Å². The summed E-state index contributed by atoms with van der Waals surface area (Å²) in [6.07, 6.45) is 1.83. The lowest BCUT2D eigenvalue weighted by Gasteiger charge is -2.15. The molecule has 2 aromatic carbocycles. The minimum atomic E-state index is -0.0415. The first kappa shape index (κ1) is 13.3. The molecular formula is C18H16N2O. The van der Waals surface area contributed by atoms with Gasteiger partial charge in [0.25, 0.3) is 5.91 Å². The van der Waals surface area contributed by atoms with Gasteiger partial charge in [-0.2, -0.15) is 0 Å². The molecule has 3 nitrogen and oxygen atoms in total. The van der Waals surface area contributed by atoms with Crippen LogP contribution in [0.3, 0.4) is 0 Å². The molecular weight excluding hydrogens is 260 g/mol. The van der Waals surface area contributed by atoms with Gasteiger partial charge in [-0.05, 0) is 24.1 Å². The third-order valence-corrected chi connectivity index (χ3v) is 3.42. The monoisotopic (exact) mass is 276 g/mol. The zero-order chi connectivity index (χ0) is 14.7. The van der Waals surface area contributed by atoms with Crippen LogP contribution in [0, 0.1) is 0 Å². The van der Waals surface area contributed by atoms with Gasteiger partial charge in [-0.1, -0.05) is 60.7 Å². The summed E-state index contributed by atoms with van der Waals surface area (Å²) in [5.41, 5.74) is 2.58. The van der Waals surface area contributed by atoms with E-state index in [9.17, 15) is 4.79 Å². The van der Waals surface area contributed by atoms with Crippen LogP contribution in [0.4, 0.5) is 0 Å². The number of carbonyl (C=O) groups excluding carboxylic acids is 1. The average Bonchev–Trinajstić information content (AvgIpc) is 2.77. The molecule has 2 aromatic rings. The second-order valence-corrected chi connectivity index (χ2v) is 4.98. The van der Waals surface area contributed by atoms with Gasteiger partial charge in [0.1, 0.15) is 11.5 Å². The number of hydrogen-bond donors (Lipinski definition) is 0. The van der Waals surface area contributed by atoms with Crippen LogP contribution < -0.4 is 0 Å². The molecule has 1 amide bonds. The molecule has 0 aliphatic carbocycles. The van der Waals surface area contributed by atoms with Crippen LogP contribution >= 0.6 is 0 Å². The lowest BCUT2D eigenvalue weighted by Crippen LogP contribution is -2.29. The van der Waals surface area contributed by atoms with Crippen LogP contribution in [-0.2, 0) is 11.3 Å². The summed E-state index contributed by atoms with van der Waals surface area (Å²) < 4.78 is 0. The predicted octanol–water partition coefficient (Wildman–Crippen LogP) is 3.49. The van der Waals surface area contributed by atoms with Gasteiger partial charge in [0.2, 0.25) is 0 Å². The van der Waals surface area contributed by atoms with Crippen molar-refractivity contribution in [2.24, 2.45) is 4.99 Å². The molecule has 0 saturated carbocycles. The van der Waals surface area contributed by atoms with E-state index in [0.29, 0.717) is 12.2 Å². The molecule has 3 heteroatoms. The van der Waals surface area contributed by atoms with Crippen LogP contribution in [-0.4, -0.2) is 16.6 Å². The van der Waals surface area contributed by atoms with E-state index < -0.39 is 0 Å². The number of hydrogen-bond acceptors (Lipinski definition) is 2. The molecule has 0 atom stereocenters. The third kappa shape index (κ3) is 2.92. The molecule has 3 rings (SSSR count). The van der Waals surface area contributed by atoms with Crippen LogP contribution in [0.2, 0.25) is 0 Å². The van der Waals surface area contributed by atoms with Gasteiger partial charge in [-0.25, -0.2) is 4.99 Å². The van der Waals surface area contributed by atoms with E-state index in [1.54, 1.807) is 4.90 Å². The first-order valence-corrected chi connectivity index (χ1v) is 6.92. The van der Waals surface area contributed by atoms with E-state index in [0.717, 1.165) is 17.0 Å². The summed E-state index contributed by atoms with van der Waals surface area (Å²) in [6.45, 7) is 2.42. The predicted molar refractivity (Wildman–Crippen MR) is 84.5 cm³/mol. The second-order valence-electron chi connectivity index (χ2n) is 4.98. The minimum Gasteiger partial charge on any atom is -0.291 e. The molecule has 0 unspecified atom stereocenters. The Morgan fingerprint density at radius 2 is 1.62 bits per heavy atom. The Morgan fingerprint density at radius 1 is 1.00 bits per heavy atom. The molecule has 0 aromatic heterocycles. The number of benzene rings is 2. The molecule has 0 fully saturated rings. The number of nitrogens with zero attached hydrogens (tertiary/aromatic N) is 2. The van der Waals surface area contributed by atoms with Crippen molar-refractivity contribution in [1.29, 1.82) is 0 Å². The van der Waals surface area contributed by atoms with Crippen molar-refractivity contribution >= 4 is 17.8 Å². The largest absolute Gasteiger partial charge is 0.291 e. The zero-order valence-electron chi connectivity index (χ0n) is 11.9. The second kappa shape index (κ2) is 5.75. The summed E-state index contributed by atoms with van der Waals surface area (Å²) in [7, 11) is 0. The van der Waals surface area contributed by atoms with Crippen molar-refractivity contribution in [1.82, 2.24) is 4.90 Å². The fraction of sp³-hybridized carbons (Fsp3) is 0.111. The van der Waals surface area contributed by atoms with Gasteiger partial charge in [0, 0.05) is 0 Å². The number of carbonyl (C=O) groups is 1. The molecule has 0 bridgehead atoms. The van der Waals surface area contributed by atoms with Gasteiger partial charge >= 0.3 is 0 Å². The Hall–Kier alpha value is -2.68. The highest BCUT2D eigenvalue weighted by Gasteiger charge is 2.27. The normalized spacial score (nSPS) is 16.4. The van der Waals surface area contributed by atoms with Gasteiger partial charge in [0.05, 0.1) is 6.54 Å². The van der Waals surface area contributed by atoms with E-state index in [4.69, 9.17) is 0 Å². The first-order chi connectivity index (χ1) is 10.2. The number of amidine groups is 1. The molecule has 0 N–H and O–H groups in total. The highest BCUT2D eigenvalue weighted by atomic mass is 16.2. The van der Waals surface area contributed by atoms with E-state index in [1.165, 1.54) is 0 Å². The molecule has 104 valence electrons. The average molecular weight is 276 g/mol. The van der Waals surface area contributed by atoms with Gasteiger partial charge in [-0.3, -0.25) is 9.69 Å². The highest BCUT2D eigenvalue weighted by Crippen LogP contribution is 2.20. The molecule has 0 radical (unpaired) electrons. The highest BCUT2D eigenvalue weighted by molar-refractivity contribution is 6.13. The number of amides is 1. The third-order valence-electron chi connectivity index (χ3n) is 3.42. The Morgan fingerprint density at radius 3 is 2.29 bits per heavy atom. The molecule has 1 heterocycles. The van der Waals surface area contributed by atoms with Gasteiger partial charge in [0.15, 0.2) is 0 Å². The van der Waals surface area contributed by atoms with Crippen LogP contribution in [0.5, 0.6) is 0 Å². The smallest absolute Gasteiger partial charge is 0.278 e. The summed E-state index contributed by atoms with van der Waals surface area (Å²) in [4.78, 5) is 18.6. The maximum Gasteiger partial charge on any atom is 0.278 e. The molecule has 0 spiro atoms. The fourth-order valence-corrected chi connectivity index (χ4v) is 2.32. The molecule has 1 aliphatic rings. The molecule has 1 aliphatic heterocycles. The summed E-state index contributed by atoms with van der Waals surface area (Å²) in [5, 5.41) is 0. The quantitative estimate of drug-likeness (QED) is 0.790. The maximum absolute atomic E-state index is 12.5.